The first-order valence-electron chi connectivity index (χ1n) is 15.4. The third-order valence-electron chi connectivity index (χ3n) is 9.07. The first-order valence-corrected chi connectivity index (χ1v) is 15.4. The molecule has 7 rings (SSSR count). The number of rotatable bonds is 8. The predicted molar refractivity (Wildman–Crippen MR) is 178 cm³/mol. The van der Waals surface area contributed by atoms with Gasteiger partial charge in [-0.25, -0.2) is 0 Å². The minimum atomic E-state index is 0.448. The summed E-state index contributed by atoms with van der Waals surface area (Å²) in [6.45, 7) is 1.74. The smallest absolute Gasteiger partial charge is 0.0224 e. The molecule has 6 aromatic carbocycles. The molecule has 0 radical (unpaired) electrons. The molecule has 0 aromatic heterocycles. The van der Waals surface area contributed by atoms with E-state index in [1.54, 1.807) is 0 Å². The van der Waals surface area contributed by atoms with Crippen LogP contribution in [0.3, 0.4) is 0 Å². The van der Waals surface area contributed by atoms with Gasteiger partial charge in [0.1, 0.15) is 0 Å². The van der Waals surface area contributed by atoms with Crippen LogP contribution < -0.4 is 10.6 Å². The van der Waals surface area contributed by atoms with Crippen LogP contribution in [0.1, 0.15) is 36.8 Å². The van der Waals surface area contributed by atoms with Gasteiger partial charge in [-0.15, -0.1) is 0 Å². The van der Waals surface area contributed by atoms with Crippen molar-refractivity contribution in [3.05, 3.63) is 145 Å². The first kappa shape index (κ1) is 26.6. The van der Waals surface area contributed by atoms with E-state index in [9.17, 15) is 0 Å². The largest absolute Gasteiger partial charge is 0.308 e. The zero-order valence-electron chi connectivity index (χ0n) is 24.1. The van der Waals surface area contributed by atoms with Gasteiger partial charge < -0.3 is 10.6 Å². The lowest BCUT2D eigenvalue weighted by Crippen LogP contribution is -2.49. The number of hydrogen-bond acceptors (Lipinski definition) is 2. The Morgan fingerprint density at radius 3 is 1.29 bits per heavy atom. The summed E-state index contributed by atoms with van der Waals surface area (Å²) in [4.78, 5) is 0. The third-order valence-corrected chi connectivity index (χ3v) is 9.07. The van der Waals surface area contributed by atoms with E-state index in [-0.39, 0.29) is 0 Å². The van der Waals surface area contributed by atoms with Gasteiger partial charge in [0.15, 0.2) is 0 Å². The van der Waals surface area contributed by atoms with Crippen molar-refractivity contribution in [1.82, 2.24) is 10.6 Å². The molecule has 1 aliphatic rings. The predicted octanol–water partition coefficient (Wildman–Crippen LogP) is 9.52. The number of benzene rings is 6. The van der Waals surface area contributed by atoms with Crippen molar-refractivity contribution in [2.45, 2.75) is 50.9 Å². The van der Waals surface area contributed by atoms with Gasteiger partial charge in [0.2, 0.25) is 0 Å². The molecular weight excluding hydrogens is 508 g/mol. The van der Waals surface area contributed by atoms with E-state index in [2.05, 4.69) is 144 Å². The van der Waals surface area contributed by atoms with Gasteiger partial charge >= 0.3 is 0 Å². The van der Waals surface area contributed by atoms with Gasteiger partial charge in [-0.05, 0) is 67.8 Å². The van der Waals surface area contributed by atoms with Crippen LogP contribution in [-0.2, 0) is 13.1 Å². The summed E-state index contributed by atoms with van der Waals surface area (Å²) in [6, 6.07) is 49.4. The van der Waals surface area contributed by atoms with Crippen molar-refractivity contribution >= 4 is 21.5 Å². The van der Waals surface area contributed by atoms with Crippen molar-refractivity contribution in [2.75, 3.05) is 0 Å². The minimum absolute atomic E-state index is 0.448. The molecule has 2 N–H and O–H groups in total. The third kappa shape index (κ3) is 5.48. The molecule has 208 valence electrons. The normalized spacial score (nSPS) is 17.0. The molecule has 6 aromatic rings. The quantitative estimate of drug-likeness (QED) is 0.199. The topological polar surface area (TPSA) is 24.1 Å². The first-order chi connectivity index (χ1) is 20.8. The van der Waals surface area contributed by atoms with Crippen molar-refractivity contribution in [1.29, 1.82) is 0 Å². The van der Waals surface area contributed by atoms with E-state index < -0.39 is 0 Å². The molecule has 0 heterocycles. The Balaban J connectivity index is 1.09. The summed E-state index contributed by atoms with van der Waals surface area (Å²) in [5.74, 6) is 0. The second kappa shape index (κ2) is 12.3. The van der Waals surface area contributed by atoms with E-state index in [1.807, 2.05) is 0 Å². The maximum atomic E-state index is 3.99. The monoisotopic (exact) mass is 546 g/mol. The van der Waals surface area contributed by atoms with Crippen LogP contribution >= 0.6 is 0 Å². The molecular formula is C40H38N2. The molecule has 1 fully saturated rings. The summed E-state index contributed by atoms with van der Waals surface area (Å²) in [5, 5.41) is 13.2. The van der Waals surface area contributed by atoms with E-state index in [4.69, 9.17) is 0 Å². The summed E-state index contributed by atoms with van der Waals surface area (Å²) in [7, 11) is 0. The fourth-order valence-electron chi connectivity index (χ4n) is 6.90. The molecule has 0 bridgehead atoms. The fraction of sp³-hybridized carbons (Fsp3) is 0.200. The highest BCUT2D eigenvalue weighted by Gasteiger charge is 2.25. The summed E-state index contributed by atoms with van der Waals surface area (Å²) < 4.78 is 0. The lowest BCUT2D eigenvalue weighted by Gasteiger charge is -2.33. The van der Waals surface area contributed by atoms with E-state index in [1.165, 1.54) is 80.6 Å². The van der Waals surface area contributed by atoms with Crippen LogP contribution in [-0.4, -0.2) is 12.1 Å². The Labute approximate surface area is 249 Å². The lowest BCUT2D eigenvalue weighted by atomic mass is 9.89. The Hall–Kier alpha value is -4.24. The number of hydrogen-bond donors (Lipinski definition) is 2. The van der Waals surface area contributed by atoms with Crippen LogP contribution in [0.5, 0.6) is 0 Å². The second-order valence-electron chi connectivity index (χ2n) is 11.6. The Kier molecular flexibility index (Phi) is 7.82. The van der Waals surface area contributed by atoms with E-state index in [0.717, 1.165) is 13.1 Å². The number of nitrogens with one attached hydrogen (secondary N) is 2. The summed E-state index contributed by atoms with van der Waals surface area (Å²) in [5.41, 5.74) is 8.00. The van der Waals surface area contributed by atoms with Crippen LogP contribution in [0.15, 0.2) is 133 Å². The van der Waals surface area contributed by atoms with Gasteiger partial charge in [-0.1, -0.05) is 146 Å². The second-order valence-corrected chi connectivity index (χ2v) is 11.6. The van der Waals surface area contributed by atoms with Crippen LogP contribution in [0.25, 0.3) is 43.8 Å². The Bertz CT molecular complexity index is 1680. The average Bonchev–Trinajstić information content (AvgIpc) is 3.06. The highest BCUT2D eigenvalue weighted by molar-refractivity contribution is 5.98. The van der Waals surface area contributed by atoms with Gasteiger partial charge in [0.05, 0.1) is 0 Å². The van der Waals surface area contributed by atoms with Gasteiger partial charge in [-0.2, -0.15) is 0 Å². The molecule has 1 saturated carbocycles. The lowest BCUT2D eigenvalue weighted by molar-refractivity contribution is 0.281. The number of fused-ring (bicyclic) bond motifs is 2. The maximum Gasteiger partial charge on any atom is 0.0224 e. The summed E-state index contributed by atoms with van der Waals surface area (Å²) in [6.07, 6.45) is 4.99. The molecule has 2 heteroatoms. The zero-order valence-corrected chi connectivity index (χ0v) is 24.1. The van der Waals surface area contributed by atoms with Crippen molar-refractivity contribution in [2.24, 2.45) is 0 Å². The van der Waals surface area contributed by atoms with Gasteiger partial charge in [0, 0.05) is 25.2 Å². The maximum absolute atomic E-state index is 3.99. The minimum Gasteiger partial charge on any atom is -0.308 e. The standard InChI is InChI=1S/C40H38N2/c1-5-19-33-29(13-1)17-11-23-37(33)35-21-7-3-15-31(35)27-41-39-25-9-10-26-40(39)42-28-32-16-4-8-22-36(32)38-24-12-18-30-14-2-6-20-34(30)38/h1-8,11-24,39-42H,9-10,25-28H2/t39-,40-/m1/s1. The van der Waals surface area contributed by atoms with Crippen molar-refractivity contribution in [3.8, 4) is 22.3 Å². The van der Waals surface area contributed by atoms with Crippen molar-refractivity contribution < 1.29 is 0 Å². The molecule has 42 heavy (non-hydrogen) atoms. The molecule has 1 aliphatic carbocycles. The highest BCUT2D eigenvalue weighted by atomic mass is 15.0. The van der Waals surface area contributed by atoms with Gasteiger partial charge in [-0.3, -0.25) is 0 Å². The van der Waals surface area contributed by atoms with Crippen LogP contribution in [0, 0.1) is 0 Å². The van der Waals surface area contributed by atoms with Gasteiger partial charge in [0.25, 0.3) is 0 Å². The van der Waals surface area contributed by atoms with Crippen LogP contribution in [0.2, 0.25) is 0 Å². The molecule has 0 spiro atoms. The SMILES string of the molecule is c1ccc(-c2cccc3ccccc23)c(CN[C@@H]2CCCC[C@H]2NCc2ccccc2-c2cccc3ccccc23)c1. The summed E-state index contributed by atoms with van der Waals surface area (Å²) >= 11 is 0. The molecule has 0 amide bonds. The molecule has 2 nitrogen and oxygen atoms in total. The Morgan fingerprint density at radius 2 is 0.786 bits per heavy atom. The molecule has 0 unspecified atom stereocenters. The van der Waals surface area contributed by atoms with Crippen LogP contribution in [0.4, 0.5) is 0 Å². The Morgan fingerprint density at radius 1 is 0.405 bits per heavy atom. The fourth-order valence-corrected chi connectivity index (χ4v) is 6.90. The molecule has 0 saturated heterocycles. The van der Waals surface area contributed by atoms with E-state index >= 15 is 0 Å². The molecule has 2 atom stereocenters. The zero-order chi connectivity index (χ0) is 28.1. The highest BCUT2D eigenvalue weighted by Crippen LogP contribution is 2.33. The average molecular weight is 547 g/mol. The molecule has 0 aliphatic heterocycles. The van der Waals surface area contributed by atoms with E-state index in [0.29, 0.717) is 12.1 Å². The van der Waals surface area contributed by atoms with Crippen molar-refractivity contribution in [3.63, 3.8) is 0 Å².